The average molecular weight is 325 g/mol. The van der Waals surface area contributed by atoms with Crippen LogP contribution in [0.15, 0.2) is 47.2 Å². The number of para-hydroxylation sites is 1. The molecule has 1 amide bonds. The van der Waals surface area contributed by atoms with Crippen molar-refractivity contribution in [2.24, 2.45) is 5.92 Å². The van der Waals surface area contributed by atoms with Crippen molar-refractivity contribution in [2.45, 2.75) is 13.8 Å². The molecule has 0 saturated carbocycles. The minimum absolute atomic E-state index is 0.220. The number of amides is 1. The molecule has 0 radical (unpaired) electrons. The molecule has 7 nitrogen and oxygen atoms in total. The highest BCUT2D eigenvalue weighted by Gasteiger charge is 2.18. The van der Waals surface area contributed by atoms with Gasteiger partial charge in [-0.1, -0.05) is 32.0 Å². The molecule has 0 aliphatic rings. The number of nitrogens with zero attached hydrogens (tertiary/aromatic N) is 3. The summed E-state index contributed by atoms with van der Waals surface area (Å²) in [4.78, 5) is 16.2. The van der Waals surface area contributed by atoms with Crippen LogP contribution in [0.25, 0.3) is 17.1 Å². The minimum Gasteiger partial charge on any atom is -0.443 e. The molecule has 0 bridgehead atoms. The van der Waals surface area contributed by atoms with Crippen LogP contribution in [0.3, 0.4) is 0 Å². The monoisotopic (exact) mass is 325 g/mol. The quantitative estimate of drug-likeness (QED) is 0.751. The van der Waals surface area contributed by atoms with Gasteiger partial charge in [0.15, 0.2) is 5.69 Å². The molecule has 2 aromatic heterocycles. The molecule has 0 fully saturated rings. The summed E-state index contributed by atoms with van der Waals surface area (Å²) in [5.74, 6) is 0.759. The van der Waals surface area contributed by atoms with Crippen molar-refractivity contribution in [3.05, 3.63) is 48.5 Å². The van der Waals surface area contributed by atoms with Crippen LogP contribution in [0.5, 0.6) is 0 Å². The third-order valence-electron chi connectivity index (χ3n) is 3.45. The van der Waals surface area contributed by atoms with E-state index in [4.69, 9.17) is 10.2 Å². The molecule has 0 atom stereocenters. The first-order chi connectivity index (χ1) is 11.6. The number of benzene rings is 1. The summed E-state index contributed by atoms with van der Waals surface area (Å²) in [6.45, 7) is 4.62. The van der Waals surface area contributed by atoms with Crippen LogP contribution in [-0.2, 0) is 0 Å². The van der Waals surface area contributed by atoms with Gasteiger partial charge in [-0.25, -0.2) is 9.67 Å². The van der Waals surface area contributed by atoms with E-state index in [1.807, 2.05) is 44.2 Å². The van der Waals surface area contributed by atoms with Crippen molar-refractivity contribution in [1.29, 1.82) is 0 Å². The molecule has 3 N–H and O–H groups in total. The molecule has 7 heteroatoms. The van der Waals surface area contributed by atoms with E-state index >= 15 is 0 Å². The van der Waals surface area contributed by atoms with Gasteiger partial charge in [0.2, 0.25) is 5.89 Å². The lowest BCUT2D eigenvalue weighted by molar-refractivity contribution is 0.0944. The normalized spacial score (nSPS) is 11.0. The van der Waals surface area contributed by atoms with E-state index in [9.17, 15) is 4.79 Å². The van der Waals surface area contributed by atoms with Crippen molar-refractivity contribution >= 4 is 11.7 Å². The molecule has 24 heavy (non-hydrogen) atoms. The zero-order valence-corrected chi connectivity index (χ0v) is 13.6. The number of anilines is 1. The Hall–Kier alpha value is -3.09. The minimum atomic E-state index is -0.271. The maximum Gasteiger partial charge on any atom is 0.273 e. The molecule has 0 aliphatic carbocycles. The number of hydrogen-bond donors (Lipinski definition) is 2. The molecule has 3 aromatic rings. The third-order valence-corrected chi connectivity index (χ3v) is 3.45. The zero-order valence-electron chi connectivity index (χ0n) is 13.6. The van der Waals surface area contributed by atoms with E-state index in [1.165, 1.54) is 6.26 Å². The lowest BCUT2D eigenvalue weighted by atomic mass is 10.2. The summed E-state index contributed by atoms with van der Waals surface area (Å²) in [5, 5.41) is 7.06. The molecule has 2 heterocycles. The molecule has 124 valence electrons. The van der Waals surface area contributed by atoms with E-state index in [-0.39, 0.29) is 17.5 Å². The van der Waals surface area contributed by atoms with E-state index in [0.717, 1.165) is 5.69 Å². The van der Waals surface area contributed by atoms with Crippen molar-refractivity contribution in [2.75, 3.05) is 12.3 Å². The van der Waals surface area contributed by atoms with Gasteiger partial charge in [-0.05, 0) is 18.1 Å². The number of carbonyl (C=O) groups is 1. The number of aromatic nitrogens is 3. The van der Waals surface area contributed by atoms with Gasteiger partial charge in [-0.2, -0.15) is 5.10 Å². The molecule has 0 aliphatic heterocycles. The first-order valence-electron chi connectivity index (χ1n) is 7.69. The number of rotatable bonds is 5. The van der Waals surface area contributed by atoms with Crippen molar-refractivity contribution in [3.63, 3.8) is 0 Å². The first kappa shape index (κ1) is 15.8. The predicted octanol–water partition coefficient (Wildman–Crippen LogP) is 2.50. The highest BCUT2D eigenvalue weighted by atomic mass is 16.3. The largest absolute Gasteiger partial charge is 0.443 e. The summed E-state index contributed by atoms with van der Waals surface area (Å²) in [6.07, 6.45) is 2.90. The lowest BCUT2D eigenvalue weighted by Gasteiger charge is -2.04. The van der Waals surface area contributed by atoms with Crippen LogP contribution in [-0.4, -0.2) is 27.2 Å². The fourth-order valence-electron chi connectivity index (χ4n) is 2.19. The van der Waals surface area contributed by atoms with Gasteiger partial charge in [0.1, 0.15) is 12.1 Å². The Morgan fingerprint density at radius 3 is 2.79 bits per heavy atom. The van der Waals surface area contributed by atoms with Gasteiger partial charge in [-0.3, -0.25) is 4.79 Å². The molecule has 0 spiro atoms. The van der Waals surface area contributed by atoms with Gasteiger partial charge < -0.3 is 15.5 Å². The number of nitrogens with one attached hydrogen (secondary N) is 1. The Balaban J connectivity index is 1.84. The van der Waals surface area contributed by atoms with Gasteiger partial charge >= 0.3 is 0 Å². The predicted molar refractivity (Wildman–Crippen MR) is 90.6 cm³/mol. The van der Waals surface area contributed by atoms with Crippen LogP contribution in [0.1, 0.15) is 24.3 Å². The molecular weight excluding hydrogens is 306 g/mol. The Morgan fingerprint density at radius 2 is 2.08 bits per heavy atom. The first-order valence-corrected chi connectivity index (χ1v) is 7.69. The van der Waals surface area contributed by atoms with Gasteiger partial charge in [0, 0.05) is 6.54 Å². The topological polar surface area (TPSA) is 99.0 Å². The van der Waals surface area contributed by atoms with E-state index < -0.39 is 0 Å². The second-order valence-corrected chi connectivity index (χ2v) is 5.83. The van der Waals surface area contributed by atoms with Crippen LogP contribution in [0.2, 0.25) is 0 Å². The lowest BCUT2D eigenvalue weighted by Crippen LogP contribution is -2.27. The summed E-state index contributed by atoms with van der Waals surface area (Å²) < 4.78 is 7.00. The second-order valence-electron chi connectivity index (χ2n) is 5.83. The summed E-state index contributed by atoms with van der Waals surface area (Å²) in [7, 11) is 0. The third kappa shape index (κ3) is 3.15. The van der Waals surface area contributed by atoms with Crippen LogP contribution in [0.4, 0.5) is 5.82 Å². The highest BCUT2D eigenvalue weighted by Crippen LogP contribution is 2.27. The fraction of sp³-hybridized carbons (Fsp3) is 0.235. The van der Waals surface area contributed by atoms with E-state index in [2.05, 4.69) is 15.4 Å². The van der Waals surface area contributed by atoms with Crippen LogP contribution >= 0.6 is 0 Å². The van der Waals surface area contributed by atoms with E-state index in [1.54, 1.807) is 10.9 Å². The summed E-state index contributed by atoms with van der Waals surface area (Å²) >= 11 is 0. The molecular formula is C17H19N5O2. The Labute approximate surface area is 139 Å². The maximum atomic E-state index is 12.0. The zero-order chi connectivity index (χ0) is 17.1. The standard InChI is InChI=1S/C17H19N5O2/c1-11(2)8-19-16(23)14-10-24-17(21-14)13-9-20-22(15(13)18)12-6-4-3-5-7-12/h3-7,9-11H,8,18H2,1-2H3,(H,19,23). The van der Waals surface area contributed by atoms with Gasteiger partial charge in [0.25, 0.3) is 5.91 Å². The Bertz CT molecular complexity index is 836. The highest BCUT2D eigenvalue weighted by molar-refractivity contribution is 5.92. The SMILES string of the molecule is CC(C)CNC(=O)c1coc(-c2cnn(-c3ccccc3)c2N)n1. The maximum absolute atomic E-state index is 12.0. The van der Waals surface area contributed by atoms with E-state index in [0.29, 0.717) is 23.8 Å². The molecule has 3 rings (SSSR count). The van der Waals surface area contributed by atoms with Gasteiger partial charge in [0.05, 0.1) is 17.4 Å². The van der Waals surface area contributed by atoms with Crippen molar-refractivity contribution in [1.82, 2.24) is 20.1 Å². The van der Waals surface area contributed by atoms with Crippen LogP contribution in [0, 0.1) is 5.92 Å². The number of nitrogens with two attached hydrogens (primary N) is 1. The number of hydrogen-bond acceptors (Lipinski definition) is 5. The summed E-state index contributed by atoms with van der Waals surface area (Å²) in [6, 6.07) is 9.51. The molecule has 0 saturated heterocycles. The Morgan fingerprint density at radius 1 is 1.33 bits per heavy atom. The second kappa shape index (κ2) is 6.57. The van der Waals surface area contributed by atoms with Crippen LogP contribution < -0.4 is 11.1 Å². The smallest absolute Gasteiger partial charge is 0.273 e. The number of carbonyl (C=O) groups excluding carboxylic acids is 1. The summed E-state index contributed by atoms with van der Waals surface area (Å²) in [5.41, 5.74) is 7.75. The molecule has 0 unspecified atom stereocenters. The van der Waals surface area contributed by atoms with Gasteiger partial charge in [-0.15, -0.1) is 0 Å². The fourth-order valence-corrected chi connectivity index (χ4v) is 2.19. The van der Waals surface area contributed by atoms with Crippen molar-refractivity contribution in [3.8, 4) is 17.1 Å². The number of oxazole rings is 1. The van der Waals surface area contributed by atoms with Crippen molar-refractivity contribution < 1.29 is 9.21 Å². The average Bonchev–Trinajstić information content (AvgIpc) is 3.20. The molecule has 1 aromatic carbocycles. The number of nitrogen functional groups attached to an aromatic ring is 1. The Kier molecular flexibility index (Phi) is 4.33.